The summed E-state index contributed by atoms with van der Waals surface area (Å²) in [5, 5.41) is 3.35. The molecule has 0 bridgehead atoms. The third kappa shape index (κ3) is 6.79. The van der Waals surface area contributed by atoms with Crippen molar-refractivity contribution in [3.8, 4) is 5.75 Å². The van der Waals surface area contributed by atoms with Crippen molar-refractivity contribution < 1.29 is 14.3 Å². The average Bonchev–Trinajstić information content (AvgIpc) is 2.72. The number of aryl methyl sites for hydroxylation is 1. The number of unbranched alkanes of at least 4 members (excludes halogenated alkanes) is 1. The zero-order valence-corrected chi connectivity index (χ0v) is 18.0. The van der Waals surface area contributed by atoms with Crippen LogP contribution in [0.2, 0.25) is 5.02 Å². The monoisotopic (exact) mass is 416 g/mol. The summed E-state index contributed by atoms with van der Waals surface area (Å²) in [7, 11) is 0. The van der Waals surface area contributed by atoms with E-state index in [1.165, 1.54) is 0 Å². The number of benzene rings is 2. The number of halogens is 1. The Morgan fingerprint density at radius 3 is 2.52 bits per heavy atom. The highest BCUT2D eigenvalue weighted by atomic mass is 35.5. The Kier molecular flexibility index (Phi) is 9.00. The van der Waals surface area contributed by atoms with Gasteiger partial charge in [-0.1, -0.05) is 61.3 Å². The lowest BCUT2D eigenvalue weighted by molar-refractivity contribution is -0.142. The quantitative estimate of drug-likeness (QED) is 0.585. The van der Waals surface area contributed by atoms with Crippen molar-refractivity contribution >= 4 is 23.4 Å². The topological polar surface area (TPSA) is 58.6 Å². The minimum Gasteiger partial charge on any atom is -0.482 e. The van der Waals surface area contributed by atoms with Gasteiger partial charge in [-0.15, -0.1) is 0 Å². The van der Waals surface area contributed by atoms with E-state index in [9.17, 15) is 9.59 Å². The number of hydrogen-bond acceptors (Lipinski definition) is 3. The molecular weight excluding hydrogens is 388 g/mol. The first kappa shape index (κ1) is 22.8. The summed E-state index contributed by atoms with van der Waals surface area (Å²) >= 11 is 6.11. The van der Waals surface area contributed by atoms with Gasteiger partial charge in [0.05, 0.1) is 5.02 Å². The highest BCUT2D eigenvalue weighted by molar-refractivity contribution is 6.32. The van der Waals surface area contributed by atoms with Crippen LogP contribution in [0.15, 0.2) is 48.5 Å². The van der Waals surface area contributed by atoms with E-state index in [0.29, 0.717) is 23.9 Å². The molecule has 0 aliphatic heterocycles. The minimum atomic E-state index is -0.617. The lowest BCUT2D eigenvalue weighted by atomic mass is 10.1. The Morgan fingerprint density at radius 1 is 1.14 bits per heavy atom. The van der Waals surface area contributed by atoms with Crippen LogP contribution in [0, 0.1) is 6.92 Å². The summed E-state index contributed by atoms with van der Waals surface area (Å²) < 4.78 is 5.62. The van der Waals surface area contributed by atoms with Crippen molar-refractivity contribution in [1.29, 1.82) is 0 Å². The molecule has 5 nitrogen and oxygen atoms in total. The number of amides is 2. The number of para-hydroxylation sites is 1. The maximum atomic E-state index is 13.0. The van der Waals surface area contributed by atoms with Crippen LogP contribution in [0.3, 0.4) is 0 Å². The maximum absolute atomic E-state index is 13.0. The zero-order valence-electron chi connectivity index (χ0n) is 17.3. The minimum absolute atomic E-state index is 0.168. The van der Waals surface area contributed by atoms with Crippen LogP contribution in [-0.2, 0) is 16.1 Å². The highest BCUT2D eigenvalue weighted by Crippen LogP contribution is 2.23. The SMILES string of the molecule is CCCCNC(=O)[C@@H](C)N(Cc1ccccc1C)C(=O)COc1ccccc1Cl. The van der Waals surface area contributed by atoms with Gasteiger partial charge in [-0.25, -0.2) is 0 Å². The van der Waals surface area contributed by atoms with Gasteiger partial charge in [0.15, 0.2) is 6.61 Å². The number of rotatable bonds is 10. The molecular formula is C23H29ClN2O3. The van der Waals surface area contributed by atoms with Crippen LogP contribution < -0.4 is 10.1 Å². The van der Waals surface area contributed by atoms with E-state index < -0.39 is 6.04 Å². The van der Waals surface area contributed by atoms with E-state index in [-0.39, 0.29) is 18.4 Å². The van der Waals surface area contributed by atoms with E-state index in [1.807, 2.05) is 31.2 Å². The Bertz CT molecular complexity index is 825. The first-order valence-electron chi connectivity index (χ1n) is 9.93. The van der Waals surface area contributed by atoms with E-state index in [1.54, 1.807) is 36.1 Å². The fourth-order valence-electron chi connectivity index (χ4n) is 2.87. The van der Waals surface area contributed by atoms with E-state index in [4.69, 9.17) is 16.3 Å². The second kappa shape index (κ2) is 11.5. The number of carbonyl (C=O) groups excluding carboxylic acids is 2. The molecule has 2 rings (SSSR count). The van der Waals surface area contributed by atoms with Gasteiger partial charge in [-0.3, -0.25) is 9.59 Å². The molecule has 29 heavy (non-hydrogen) atoms. The summed E-state index contributed by atoms with van der Waals surface area (Å²) in [5.74, 6) is 0.00264. The van der Waals surface area contributed by atoms with Crippen molar-refractivity contribution in [2.24, 2.45) is 0 Å². The molecule has 156 valence electrons. The van der Waals surface area contributed by atoms with Gasteiger partial charge >= 0.3 is 0 Å². The number of ether oxygens (including phenoxy) is 1. The molecule has 0 saturated carbocycles. The zero-order chi connectivity index (χ0) is 21.2. The summed E-state index contributed by atoms with van der Waals surface area (Å²) in [6, 6.07) is 14.2. The van der Waals surface area contributed by atoms with Crippen LogP contribution in [-0.4, -0.2) is 35.9 Å². The fraction of sp³-hybridized carbons (Fsp3) is 0.391. The number of hydrogen-bond donors (Lipinski definition) is 1. The van der Waals surface area contributed by atoms with E-state index in [0.717, 1.165) is 24.0 Å². The molecule has 0 fully saturated rings. The van der Waals surface area contributed by atoms with Crippen molar-refractivity contribution in [3.05, 3.63) is 64.7 Å². The first-order chi connectivity index (χ1) is 13.9. The van der Waals surface area contributed by atoms with Gasteiger partial charge in [-0.2, -0.15) is 0 Å². The normalized spacial score (nSPS) is 11.6. The Morgan fingerprint density at radius 2 is 1.83 bits per heavy atom. The highest BCUT2D eigenvalue weighted by Gasteiger charge is 2.26. The average molecular weight is 417 g/mol. The fourth-order valence-corrected chi connectivity index (χ4v) is 3.06. The predicted octanol–water partition coefficient (Wildman–Crippen LogP) is 4.36. The van der Waals surface area contributed by atoms with E-state index in [2.05, 4.69) is 12.2 Å². The molecule has 0 unspecified atom stereocenters. The molecule has 2 amide bonds. The lowest BCUT2D eigenvalue weighted by Crippen LogP contribution is -2.49. The molecule has 0 heterocycles. The second-order valence-electron chi connectivity index (χ2n) is 6.99. The third-order valence-corrected chi connectivity index (χ3v) is 5.10. The van der Waals surface area contributed by atoms with Crippen LogP contribution in [0.4, 0.5) is 0 Å². The number of carbonyl (C=O) groups is 2. The second-order valence-corrected chi connectivity index (χ2v) is 7.39. The molecule has 0 aromatic heterocycles. The third-order valence-electron chi connectivity index (χ3n) is 4.79. The van der Waals surface area contributed by atoms with E-state index >= 15 is 0 Å². The number of nitrogens with one attached hydrogen (secondary N) is 1. The largest absolute Gasteiger partial charge is 0.482 e. The molecule has 0 radical (unpaired) electrons. The van der Waals surface area contributed by atoms with Gasteiger partial charge in [-0.05, 0) is 43.5 Å². The van der Waals surface area contributed by atoms with Crippen LogP contribution in [0.5, 0.6) is 5.75 Å². The summed E-state index contributed by atoms with van der Waals surface area (Å²) in [6.45, 7) is 6.54. The molecule has 0 saturated heterocycles. The molecule has 2 aromatic carbocycles. The Labute approximate surface area is 178 Å². The Balaban J connectivity index is 2.14. The molecule has 0 spiro atoms. The summed E-state index contributed by atoms with van der Waals surface area (Å²) in [5.41, 5.74) is 2.06. The van der Waals surface area contributed by atoms with Crippen molar-refractivity contribution in [2.75, 3.05) is 13.2 Å². The first-order valence-corrected chi connectivity index (χ1v) is 10.3. The predicted molar refractivity (Wildman–Crippen MR) is 116 cm³/mol. The van der Waals surface area contributed by atoms with Crippen molar-refractivity contribution in [2.45, 2.75) is 46.2 Å². The van der Waals surface area contributed by atoms with Gasteiger partial charge in [0, 0.05) is 13.1 Å². The van der Waals surface area contributed by atoms with Gasteiger partial charge in [0.2, 0.25) is 5.91 Å². The van der Waals surface area contributed by atoms with Gasteiger partial charge < -0.3 is 15.0 Å². The van der Waals surface area contributed by atoms with Crippen LogP contribution in [0.25, 0.3) is 0 Å². The molecule has 1 N–H and O–H groups in total. The van der Waals surface area contributed by atoms with Crippen molar-refractivity contribution in [3.63, 3.8) is 0 Å². The lowest BCUT2D eigenvalue weighted by Gasteiger charge is -2.29. The molecule has 6 heteroatoms. The summed E-state index contributed by atoms with van der Waals surface area (Å²) in [6.07, 6.45) is 1.89. The van der Waals surface area contributed by atoms with Crippen LogP contribution in [0.1, 0.15) is 37.8 Å². The molecule has 0 aliphatic rings. The number of nitrogens with zero attached hydrogens (tertiary/aromatic N) is 1. The van der Waals surface area contributed by atoms with Gasteiger partial charge in [0.1, 0.15) is 11.8 Å². The molecule has 0 aliphatic carbocycles. The van der Waals surface area contributed by atoms with Crippen molar-refractivity contribution in [1.82, 2.24) is 10.2 Å². The summed E-state index contributed by atoms with van der Waals surface area (Å²) in [4.78, 5) is 27.2. The maximum Gasteiger partial charge on any atom is 0.261 e. The Hall–Kier alpha value is -2.53. The van der Waals surface area contributed by atoms with Crippen LogP contribution >= 0.6 is 11.6 Å². The standard InChI is InChI=1S/C23H29ClN2O3/c1-4-5-14-25-23(28)18(3)26(15-19-11-7-6-10-17(19)2)22(27)16-29-21-13-9-8-12-20(21)24/h6-13,18H,4-5,14-16H2,1-3H3,(H,25,28)/t18-/m1/s1. The molecule has 1 atom stereocenters. The molecule has 2 aromatic rings. The van der Waals surface area contributed by atoms with Gasteiger partial charge in [0.25, 0.3) is 5.91 Å². The smallest absolute Gasteiger partial charge is 0.261 e.